The fourth-order valence-electron chi connectivity index (χ4n) is 4.27. The van der Waals surface area contributed by atoms with E-state index >= 15 is 0 Å². The Balaban J connectivity index is 1.87. The number of rotatable bonds is 2. The molecule has 5 rings (SSSR count). The highest BCUT2D eigenvalue weighted by Gasteiger charge is 2.41. The molecule has 0 N–H and O–H groups in total. The van der Waals surface area contributed by atoms with Crippen LogP contribution in [0.25, 0.3) is 32.0 Å². The van der Waals surface area contributed by atoms with Crippen LogP contribution in [0.4, 0.5) is 0 Å². The molecule has 0 aliphatic heterocycles. The highest BCUT2D eigenvalue weighted by molar-refractivity contribution is 7.19. The van der Waals surface area contributed by atoms with E-state index in [4.69, 9.17) is 23.2 Å². The minimum atomic E-state index is -0.109. The van der Waals surface area contributed by atoms with E-state index in [1.54, 1.807) is 0 Å². The molecular weight excluding hydrogens is 403 g/mol. The topological polar surface area (TPSA) is 0 Å². The third-order valence-electron chi connectivity index (χ3n) is 5.60. The smallest absolute Gasteiger partial charge is 0.0431 e. The highest BCUT2D eigenvalue weighted by atomic mass is 35.5. The first kappa shape index (κ1) is 18.0. The Kier molecular flexibility index (Phi) is 4.17. The second-order valence-corrected chi connectivity index (χ2v) is 9.59. The summed E-state index contributed by atoms with van der Waals surface area (Å²) >= 11 is 14.4. The molecule has 1 heterocycles. The molecule has 4 aromatic rings. The lowest BCUT2D eigenvalue weighted by atomic mass is 9.81. The lowest BCUT2D eigenvalue weighted by Crippen LogP contribution is -2.15. The zero-order valence-corrected chi connectivity index (χ0v) is 17.9. The molecule has 0 spiro atoms. The molecule has 28 heavy (non-hydrogen) atoms. The summed E-state index contributed by atoms with van der Waals surface area (Å²) in [4.78, 5) is 2.62. The quantitative estimate of drug-likeness (QED) is 0.304. The number of thiophene rings is 1. The van der Waals surface area contributed by atoms with Gasteiger partial charge in [0.15, 0.2) is 0 Å². The summed E-state index contributed by atoms with van der Waals surface area (Å²) < 4.78 is 0. The van der Waals surface area contributed by atoms with Crippen molar-refractivity contribution in [2.75, 3.05) is 0 Å². The molecule has 0 atom stereocenters. The van der Waals surface area contributed by atoms with Crippen molar-refractivity contribution in [1.82, 2.24) is 0 Å². The lowest BCUT2D eigenvalue weighted by Gasteiger charge is -2.22. The average Bonchev–Trinajstić information content (AvgIpc) is 3.19. The van der Waals surface area contributed by atoms with E-state index in [1.807, 2.05) is 29.5 Å². The van der Waals surface area contributed by atoms with Crippen LogP contribution in [0.1, 0.15) is 25.0 Å². The lowest BCUT2D eigenvalue weighted by molar-refractivity contribution is 0.664. The van der Waals surface area contributed by atoms with Gasteiger partial charge in [-0.05, 0) is 52.1 Å². The van der Waals surface area contributed by atoms with E-state index in [2.05, 4.69) is 68.4 Å². The molecule has 138 valence electrons. The first-order valence-corrected chi connectivity index (χ1v) is 10.8. The maximum absolute atomic E-state index is 6.38. The Bertz CT molecular complexity index is 1190. The van der Waals surface area contributed by atoms with E-state index in [-0.39, 0.29) is 5.41 Å². The van der Waals surface area contributed by atoms with Gasteiger partial charge in [-0.2, -0.15) is 0 Å². The molecule has 0 amide bonds. The summed E-state index contributed by atoms with van der Waals surface area (Å²) in [6.45, 7) is 4.61. The van der Waals surface area contributed by atoms with Crippen LogP contribution in [0, 0.1) is 0 Å². The van der Waals surface area contributed by atoms with Crippen LogP contribution < -0.4 is 0 Å². The molecular formula is C25H18Cl2S. The van der Waals surface area contributed by atoms with Gasteiger partial charge in [0, 0.05) is 30.8 Å². The monoisotopic (exact) mass is 420 g/mol. The molecule has 3 aromatic carbocycles. The molecule has 0 fully saturated rings. The second kappa shape index (κ2) is 6.49. The van der Waals surface area contributed by atoms with Crippen molar-refractivity contribution in [2.45, 2.75) is 19.3 Å². The Morgan fingerprint density at radius 3 is 2.07 bits per heavy atom. The normalized spacial score (nSPS) is 14.0. The zero-order valence-electron chi connectivity index (χ0n) is 15.6. The Labute approximate surface area is 179 Å². The Morgan fingerprint density at radius 1 is 0.714 bits per heavy atom. The Hall–Kier alpha value is -2.06. The molecule has 0 saturated heterocycles. The maximum atomic E-state index is 6.38. The molecule has 0 bridgehead atoms. The van der Waals surface area contributed by atoms with E-state index in [9.17, 15) is 0 Å². The minimum Gasteiger partial charge on any atom is -0.134 e. The van der Waals surface area contributed by atoms with Crippen molar-refractivity contribution < 1.29 is 0 Å². The predicted octanol–water partition coefficient (Wildman–Crippen LogP) is 8.70. The second-order valence-electron chi connectivity index (χ2n) is 7.70. The molecule has 3 heteroatoms. The van der Waals surface area contributed by atoms with Gasteiger partial charge in [0.2, 0.25) is 0 Å². The first-order chi connectivity index (χ1) is 13.5. The van der Waals surface area contributed by atoms with Gasteiger partial charge >= 0.3 is 0 Å². The van der Waals surface area contributed by atoms with E-state index in [0.29, 0.717) is 0 Å². The van der Waals surface area contributed by atoms with Gasteiger partial charge < -0.3 is 0 Å². The fourth-order valence-corrected chi connectivity index (χ4v) is 6.05. The van der Waals surface area contributed by atoms with Crippen LogP contribution in [0.15, 0.2) is 72.8 Å². The third kappa shape index (κ3) is 2.65. The van der Waals surface area contributed by atoms with Crippen LogP contribution in [-0.2, 0) is 5.41 Å². The highest BCUT2D eigenvalue weighted by Crippen LogP contribution is 2.59. The zero-order chi connectivity index (χ0) is 19.5. The summed E-state index contributed by atoms with van der Waals surface area (Å²) in [5.41, 5.74) is 7.66. The van der Waals surface area contributed by atoms with Crippen LogP contribution in [-0.4, -0.2) is 0 Å². The van der Waals surface area contributed by atoms with Crippen molar-refractivity contribution in [1.29, 1.82) is 0 Å². The van der Waals surface area contributed by atoms with Gasteiger partial charge in [-0.15, -0.1) is 11.3 Å². The maximum Gasteiger partial charge on any atom is 0.0431 e. The number of benzene rings is 3. The van der Waals surface area contributed by atoms with Crippen LogP contribution in [0.3, 0.4) is 0 Å². The van der Waals surface area contributed by atoms with E-state index in [1.165, 1.54) is 43.1 Å². The molecule has 0 unspecified atom stereocenters. The summed E-state index contributed by atoms with van der Waals surface area (Å²) in [6, 6.07) is 25.1. The largest absolute Gasteiger partial charge is 0.134 e. The third-order valence-corrected chi connectivity index (χ3v) is 7.37. The van der Waals surface area contributed by atoms with Crippen molar-refractivity contribution in [2.24, 2.45) is 0 Å². The molecule has 1 aliphatic carbocycles. The standard InChI is InChI=1S/C25H18Cl2S/c1-25(2)20-14-18(27)12-13-19(20)21-22(25)24(15-6-4-3-5-7-15)28-23(21)16-8-10-17(26)11-9-16/h3-14H,1-2H3. The molecule has 1 aromatic heterocycles. The Morgan fingerprint density at radius 2 is 1.36 bits per heavy atom. The van der Waals surface area contributed by atoms with Crippen LogP contribution in [0.2, 0.25) is 10.0 Å². The first-order valence-electron chi connectivity index (χ1n) is 9.26. The van der Waals surface area contributed by atoms with Gasteiger partial charge in [-0.1, -0.05) is 85.6 Å². The van der Waals surface area contributed by atoms with Gasteiger partial charge in [-0.3, -0.25) is 0 Å². The molecule has 1 aliphatic rings. The van der Waals surface area contributed by atoms with Crippen molar-refractivity contribution >= 4 is 34.5 Å². The SMILES string of the molecule is CC1(C)c2cc(Cl)ccc2-c2c(-c3ccc(Cl)cc3)sc(-c3ccccc3)c21. The van der Waals surface area contributed by atoms with Crippen LogP contribution >= 0.6 is 34.5 Å². The predicted molar refractivity (Wildman–Crippen MR) is 123 cm³/mol. The summed E-state index contributed by atoms with van der Waals surface area (Å²) in [6.07, 6.45) is 0. The minimum absolute atomic E-state index is 0.109. The average molecular weight is 421 g/mol. The van der Waals surface area contributed by atoms with Crippen LogP contribution in [0.5, 0.6) is 0 Å². The number of fused-ring (bicyclic) bond motifs is 3. The number of hydrogen-bond acceptors (Lipinski definition) is 1. The van der Waals surface area contributed by atoms with Gasteiger partial charge in [-0.25, -0.2) is 0 Å². The van der Waals surface area contributed by atoms with Crippen molar-refractivity contribution in [3.63, 3.8) is 0 Å². The summed E-state index contributed by atoms with van der Waals surface area (Å²) in [5.74, 6) is 0. The fraction of sp³-hybridized carbons (Fsp3) is 0.120. The molecule has 0 saturated carbocycles. The van der Waals surface area contributed by atoms with Crippen molar-refractivity contribution in [3.05, 3.63) is 94.0 Å². The van der Waals surface area contributed by atoms with Gasteiger partial charge in [0.05, 0.1) is 0 Å². The summed E-state index contributed by atoms with van der Waals surface area (Å²) in [7, 11) is 0. The van der Waals surface area contributed by atoms with E-state index in [0.717, 1.165) is 10.0 Å². The van der Waals surface area contributed by atoms with Gasteiger partial charge in [0.25, 0.3) is 0 Å². The van der Waals surface area contributed by atoms with Gasteiger partial charge in [0.1, 0.15) is 0 Å². The number of hydrogen-bond donors (Lipinski definition) is 0. The molecule has 0 radical (unpaired) electrons. The summed E-state index contributed by atoms with van der Waals surface area (Å²) in [5, 5.41) is 1.54. The molecule has 0 nitrogen and oxygen atoms in total. The number of halogens is 2. The van der Waals surface area contributed by atoms with Crippen molar-refractivity contribution in [3.8, 4) is 32.0 Å². The van der Waals surface area contributed by atoms with E-state index < -0.39 is 0 Å².